The monoisotopic (exact) mass is 288 g/mol. The summed E-state index contributed by atoms with van der Waals surface area (Å²) < 4.78 is 28.4. The van der Waals surface area contributed by atoms with E-state index >= 15 is 0 Å². The molecule has 1 aromatic heterocycles. The average Bonchev–Trinajstić information content (AvgIpc) is 2.77. The predicted octanol–water partition coefficient (Wildman–Crippen LogP) is 3.07. The van der Waals surface area contributed by atoms with Crippen molar-refractivity contribution in [2.75, 3.05) is 0 Å². The number of aromatic nitrogens is 2. The first-order valence-corrected chi connectivity index (χ1v) is 6.19. The minimum atomic E-state index is -1.07. The molecule has 0 unspecified atom stereocenters. The summed E-state index contributed by atoms with van der Waals surface area (Å²) in [5.74, 6) is -2.38. The molecule has 0 spiro atoms. The molecule has 6 heteroatoms. The number of halogens is 2. The molecule has 1 heterocycles. The van der Waals surface area contributed by atoms with E-state index in [0.29, 0.717) is 11.0 Å². The Hall–Kier alpha value is -2.76. The van der Waals surface area contributed by atoms with Gasteiger partial charge in [-0.3, -0.25) is 4.79 Å². The largest absolute Gasteiger partial charge is 0.480 e. The SMILES string of the molecule is O=C(O)Cn1c(-c2ccc(F)cc2F)nc2ccccc21. The van der Waals surface area contributed by atoms with Crippen LogP contribution in [0.5, 0.6) is 0 Å². The Morgan fingerprint density at radius 2 is 1.95 bits per heavy atom. The minimum absolute atomic E-state index is 0.0637. The highest BCUT2D eigenvalue weighted by atomic mass is 19.1. The summed E-state index contributed by atoms with van der Waals surface area (Å²) in [4.78, 5) is 15.3. The molecule has 0 bridgehead atoms. The number of carboxylic acids is 1. The van der Waals surface area contributed by atoms with Crippen LogP contribution in [0.4, 0.5) is 8.78 Å². The van der Waals surface area contributed by atoms with Gasteiger partial charge in [-0.1, -0.05) is 12.1 Å². The molecule has 0 aliphatic rings. The number of carbonyl (C=O) groups is 1. The van der Waals surface area contributed by atoms with Crippen LogP contribution in [0.25, 0.3) is 22.4 Å². The third-order valence-electron chi connectivity index (χ3n) is 3.12. The molecule has 21 heavy (non-hydrogen) atoms. The smallest absolute Gasteiger partial charge is 0.323 e. The number of rotatable bonds is 3. The summed E-state index contributed by atoms with van der Waals surface area (Å²) in [6.45, 7) is -0.355. The molecule has 0 aliphatic carbocycles. The van der Waals surface area contributed by atoms with E-state index in [0.717, 1.165) is 12.1 Å². The van der Waals surface area contributed by atoms with Crippen LogP contribution in [-0.2, 0) is 11.3 Å². The summed E-state index contributed by atoms with van der Waals surface area (Å²) in [5, 5.41) is 9.03. The molecule has 106 valence electrons. The number of hydrogen-bond donors (Lipinski definition) is 1. The van der Waals surface area contributed by atoms with Crippen molar-refractivity contribution in [3.63, 3.8) is 0 Å². The fourth-order valence-electron chi connectivity index (χ4n) is 2.25. The number of hydrogen-bond acceptors (Lipinski definition) is 2. The van der Waals surface area contributed by atoms with Crippen LogP contribution in [-0.4, -0.2) is 20.6 Å². The summed E-state index contributed by atoms with van der Waals surface area (Å²) in [6, 6.07) is 10.0. The van der Waals surface area contributed by atoms with Gasteiger partial charge in [0.15, 0.2) is 0 Å². The van der Waals surface area contributed by atoms with Crippen molar-refractivity contribution < 1.29 is 18.7 Å². The third-order valence-corrected chi connectivity index (χ3v) is 3.12. The summed E-state index contributed by atoms with van der Waals surface area (Å²) in [7, 11) is 0. The number of para-hydroxylation sites is 2. The van der Waals surface area contributed by atoms with E-state index in [1.165, 1.54) is 10.6 Å². The molecule has 0 saturated heterocycles. The van der Waals surface area contributed by atoms with Gasteiger partial charge in [-0.25, -0.2) is 13.8 Å². The van der Waals surface area contributed by atoms with Gasteiger partial charge in [0.2, 0.25) is 0 Å². The van der Waals surface area contributed by atoms with Crippen molar-refractivity contribution in [3.05, 3.63) is 54.1 Å². The highest BCUT2D eigenvalue weighted by Crippen LogP contribution is 2.27. The number of benzene rings is 2. The van der Waals surface area contributed by atoms with Crippen LogP contribution in [0.2, 0.25) is 0 Å². The Balaban J connectivity index is 2.28. The van der Waals surface area contributed by atoms with E-state index in [2.05, 4.69) is 4.98 Å². The number of nitrogens with zero attached hydrogens (tertiary/aromatic N) is 2. The maximum absolute atomic E-state index is 13.9. The van der Waals surface area contributed by atoms with Crippen molar-refractivity contribution >= 4 is 17.0 Å². The van der Waals surface area contributed by atoms with Gasteiger partial charge >= 0.3 is 5.97 Å². The Morgan fingerprint density at radius 1 is 1.19 bits per heavy atom. The van der Waals surface area contributed by atoms with E-state index < -0.39 is 17.6 Å². The van der Waals surface area contributed by atoms with Crippen LogP contribution < -0.4 is 0 Å². The van der Waals surface area contributed by atoms with Gasteiger partial charge in [-0.05, 0) is 24.3 Å². The molecule has 2 aromatic carbocycles. The lowest BCUT2D eigenvalue weighted by molar-refractivity contribution is -0.137. The quantitative estimate of drug-likeness (QED) is 0.806. The fraction of sp³-hybridized carbons (Fsp3) is 0.0667. The molecule has 0 amide bonds. The van der Waals surface area contributed by atoms with Gasteiger partial charge < -0.3 is 9.67 Å². The fourth-order valence-corrected chi connectivity index (χ4v) is 2.25. The second-order valence-electron chi connectivity index (χ2n) is 4.53. The molecule has 1 N–H and O–H groups in total. The topological polar surface area (TPSA) is 55.1 Å². The summed E-state index contributed by atoms with van der Waals surface area (Å²) in [6.07, 6.45) is 0. The van der Waals surface area contributed by atoms with Crippen LogP contribution in [0.3, 0.4) is 0 Å². The van der Waals surface area contributed by atoms with Crippen molar-refractivity contribution in [3.8, 4) is 11.4 Å². The summed E-state index contributed by atoms with van der Waals surface area (Å²) in [5.41, 5.74) is 1.20. The molecular formula is C15H10F2N2O2. The first kappa shape index (κ1) is 13.2. The van der Waals surface area contributed by atoms with Gasteiger partial charge in [0.25, 0.3) is 0 Å². The molecule has 0 fully saturated rings. The number of carboxylic acid groups (broad SMARTS) is 1. The summed E-state index contributed by atoms with van der Waals surface area (Å²) >= 11 is 0. The Bertz CT molecular complexity index is 843. The molecule has 0 radical (unpaired) electrons. The van der Waals surface area contributed by atoms with Crippen LogP contribution in [0.1, 0.15) is 0 Å². The van der Waals surface area contributed by atoms with Crippen LogP contribution >= 0.6 is 0 Å². The van der Waals surface area contributed by atoms with Gasteiger partial charge in [0.1, 0.15) is 24.0 Å². The standard InChI is InChI=1S/C15H10F2N2O2/c16-9-5-6-10(11(17)7-9)15-18-12-3-1-2-4-13(12)19(15)8-14(20)21/h1-7H,8H2,(H,20,21). The van der Waals surface area contributed by atoms with Crippen molar-refractivity contribution in [1.29, 1.82) is 0 Å². The number of fused-ring (bicyclic) bond motifs is 1. The average molecular weight is 288 g/mol. The van der Waals surface area contributed by atoms with Gasteiger partial charge in [-0.15, -0.1) is 0 Å². The van der Waals surface area contributed by atoms with E-state index in [-0.39, 0.29) is 17.9 Å². The van der Waals surface area contributed by atoms with Gasteiger partial charge in [0.05, 0.1) is 16.6 Å². The van der Waals surface area contributed by atoms with Crippen LogP contribution in [0.15, 0.2) is 42.5 Å². The molecule has 4 nitrogen and oxygen atoms in total. The van der Waals surface area contributed by atoms with E-state index in [9.17, 15) is 13.6 Å². The van der Waals surface area contributed by atoms with E-state index in [1.54, 1.807) is 24.3 Å². The third kappa shape index (κ3) is 2.35. The molecular weight excluding hydrogens is 278 g/mol. The molecule has 3 rings (SSSR count). The number of aliphatic carboxylic acids is 1. The predicted molar refractivity (Wildman–Crippen MR) is 72.7 cm³/mol. The normalized spacial score (nSPS) is 11.0. The maximum Gasteiger partial charge on any atom is 0.323 e. The van der Waals surface area contributed by atoms with Crippen molar-refractivity contribution in [2.45, 2.75) is 6.54 Å². The second kappa shape index (κ2) is 4.97. The first-order valence-electron chi connectivity index (χ1n) is 6.19. The van der Waals surface area contributed by atoms with Gasteiger partial charge in [0, 0.05) is 6.07 Å². The zero-order valence-corrected chi connectivity index (χ0v) is 10.8. The zero-order chi connectivity index (χ0) is 15.0. The zero-order valence-electron chi connectivity index (χ0n) is 10.8. The molecule has 0 saturated carbocycles. The Morgan fingerprint density at radius 3 is 2.67 bits per heavy atom. The maximum atomic E-state index is 13.9. The first-order chi connectivity index (χ1) is 10.1. The van der Waals surface area contributed by atoms with Crippen LogP contribution in [0, 0.1) is 11.6 Å². The Kier molecular flexibility index (Phi) is 3.13. The molecule has 3 aromatic rings. The molecule has 0 atom stereocenters. The van der Waals surface area contributed by atoms with Crippen molar-refractivity contribution in [2.24, 2.45) is 0 Å². The van der Waals surface area contributed by atoms with Gasteiger partial charge in [-0.2, -0.15) is 0 Å². The van der Waals surface area contributed by atoms with E-state index in [4.69, 9.17) is 5.11 Å². The Labute approximate surface area is 118 Å². The second-order valence-corrected chi connectivity index (χ2v) is 4.53. The van der Waals surface area contributed by atoms with Crippen molar-refractivity contribution in [1.82, 2.24) is 9.55 Å². The highest BCUT2D eigenvalue weighted by molar-refractivity contribution is 5.82. The van der Waals surface area contributed by atoms with E-state index in [1.807, 2.05) is 0 Å². The number of imidazole rings is 1. The minimum Gasteiger partial charge on any atom is -0.480 e. The lowest BCUT2D eigenvalue weighted by Gasteiger charge is -2.07. The molecule has 0 aliphatic heterocycles. The lowest BCUT2D eigenvalue weighted by atomic mass is 10.2. The highest BCUT2D eigenvalue weighted by Gasteiger charge is 2.17. The lowest BCUT2D eigenvalue weighted by Crippen LogP contribution is -2.10.